The zero-order valence-electron chi connectivity index (χ0n) is 25.0. The van der Waals surface area contributed by atoms with Crippen LogP contribution in [0.2, 0.25) is 0 Å². The van der Waals surface area contributed by atoms with Gasteiger partial charge in [0.2, 0.25) is 5.91 Å². The molecule has 0 radical (unpaired) electrons. The Bertz CT molecular complexity index is 1370. The average Bonchev–Trinajstić information content (AvgIpc) is 3.01. The van der Waals surface area contributed by atoms with E-state index in [4.69, 9.17) is 10.5 Å². The van der Waals surface area contributed by atoms with Crippen LogP contribution in [-0.2, 0) is 13.0 Å². The van der Waals surface area contributed by atoms with Gasteiger partial charge in [-0.1, -0.05) is 38.1 Å². The van der Waals surface area contributed by atoms with Crippen LogP contribution in [0, 0.1) is 0 Å². The van der Waals surface area contributed by atoms with Gasteiger partial charge in [0.05, 0.1) is 19.3 Å². The van der Waals surface area contributed by atoms with Crippen LogP contribution in [0.25, 0.3) is 0 Å². The third-order valence-electron chi connectivity index (χ3n) is 6.99. The summed E-state index contributed by atoms with van der Waals surface area (Å²) < 4.78 is 5.27. The molecule has 0 aliphatic heterocycles. The highest BCUT2D eigenvalue weighted by Crippen LogP contribution is 2.17. The van der Waals surface area contributed by atoms with Gasteiger partial charge in [0.1, 0.15) is 11.5 Å². The van der Waals surface area contributed by atoms with E-state index in [1.54, 1.807) is 24.1 Å². The summed E-state index contributed by atoms with van der Waals surface area (Å²) >= 11 is 0. The summed E-state index contributed by atoms with van der Waals surface area (Å²) in [7, 11) is 1.59. The molecule has 0 aliphatic carbocycles. The SMILES string of the molecule is CCCN(CCC)C(=O)c1cc(C(N)=O)cc(C(=O)NC(Cc2ccc(O)cc2)C(O)CNCc2cccc(OC)c2)c1. The van der Waals surface area contributed by atoms with E-state index in [1.165, 1.54) is 30.3 Å². The number of nitrogens with one attached hydrogen (secondary N) is 2. The van der Waals surface area contributed by atoms with Gasteiger partial charge in [0, 0.05) is 42.9 Å². The maximum absolute atomic E-state index is 13.6. The van der Waals surface area contributed by atoms with Gasteiger partial charge in [-0.05, 0) is 72.9 Å². The van der Waals surface area contributed by atoms with Gasteiger partial charge in [-0.15, -0.1) is 0 Å². The number of aromatic hydroxyl groups is 1. The first-order valence-electron chi connectivity index (χ1n) is 14.5. The first kappa shape index (κ1) is 33.1. The predicted octanol–water partition coefficient (Wildman–Crippen LogP) is 3.25. The number of nitrogens with two attached hydrogens (primary N) is 1. The van der Waals surface area contributed by atoms with Crippen molar-refractivity contribution in [1.29, 1.82) is 0 Å². The minimum Gasteiger partial charge on any atom is -0.508 e. The fraction of sp³-hybridized carbons (Fsp3) is 0.364. The Morgan fingerprint density at radius 1 is 0.907 bits per heavy atom. The zero-order valence-corrected chi connectivity index (χ0v) is 25.0. The number of aliphatic hydroxyl groups is 1. The molecule has 230 valence electrons. The van der Waals surface area contributed by atoms with Crippen LogP contribution >= 0.6 is 0 Å². The number of carbonyl (C=O) groups excluding carboxylic acids is 3. The second-order valence-electron chi connectivity index (χ2n) is 10.5. The molecule has 3 amide bonds. The molecule has 10 nitrogen and oxygen atoms in total. The van der Waals surface area contributed by atoms with Gasteiger partial charge in [-0.2, -0.15) is 0 Å². The third kappa shape index (κ3) is 9.83. The molecule has 0 fully saturated rings. The van der Waals surface area contributed by atoms with Crippen LogP contribution in [-0.4, -0.2) is 71.7 Å². The zero-order chi connectivity index (χ0) is 31.4. The first-order valence-corrected chi connectivity index (χ1v) is 14.5. The van der Waals surface area contributed by atoms with E-state index < -0.39 is 24.0 Å². The van der Waals surface area contributed by atoms with Crippen LogP contribution in [0.1, 0.15) is 68.9 Å². The minimum atomic E-state index is -1.01. The van der Waals surface area contributed by atoms with E-state index in [2.05, 4.69) is 10.6 Å². The Labute approximate surface area is 252 Å². The smallest absolute Gasteiger partial charge is 0.253 e. The summed E-state index contributed by atoms with van der Waals surface area (Å²) in [5.74, 6) is -0.788. The number of benzene rings is 3. The fourth-order valence-corrected chi connectivity index (χ4v) is 4.77. The van der Waals surface area contributed by atoms with Crippen LogP contribution in [0.4, 0.5) is 0 Å². The molecular weight excluding hydrogens is 548 g/mol. The molecule has 0 saturated carbocycles. The summed E-state index contributed by atoms with van der Waals surface area (Å²) in [6.07, 6.45) is 0.776. The second kappa shape index (κ2) is 16.3. The Morgan fingerprint density at radius 3 is 2.19 bits per heavy atom. The van der Waals surface area contributed by atoms with Crippen LogP contribution < -0.4 is 21.1 Å². The molecule has 0 bridgehead atoms. The fourth-order valence-electron chi connectivity index (χ4n) is 4.77. The van der Waals surface area contributed by atoms with E-state index in [0.29, 0.717) is 19.6 Å². The van der Waals surface area contributed by atoms with E-state index in [1.807, 2.05) is 38.1 Å². The molecule has 0 aromatic heterocycles. The number of primary amides is 1. The minimum absolute atomic E-state index is 0.0412. The van der Waals surface area contributed by atoms with Crippen molar-refractivity contribution in [2.75, 3.05) is 26.7 Å². The lowest BCUT2D eigenvalue weighted by molar-refractivity contribution is 0.0755. The highest BCUT2D eigenvalue weighted by Gasteiger charge is 2.25. The average molecular weight is 591 g/mol. The summed E-state index contributed by atoms with van der Waals surface area (Å²) in [4.78, 5) is 40.7. The van der Waals surface area contributed by atoms with Crippen molar-refractivity contribution in [2.45, 2.75) is 51.8 Å². The number of phenolic OH excluding ortho intramolecular Hbond substituents is 1. The number of carbonyl (C=O) groups is 3. The van der Waals surface area contributed by atoms with Gasteiger partial charge in [-0.25, -0.2) is 0 Å². The molecule has 3 aromatic carbocycles. The molecule has 0 heterocycles. The molecule has 0 saturated heterocycles. The van der Waals surface area contributed by atoms with Crippen molar-refractivity contribution in [3.63, 3.8) is 0 Å². The molecular formula is C33H42N4O6. The maximum Gasteiger partial charge on any atom is 0.253 e. The van der Waals surface area contributed by atoms with E-state index in [0.717, 1.165) is 29.7 Å². The standard InChI is InChI=1S/C33H42N4O6/c1-4-13-37(14-5-2)33(42)26-18-24(31(34)40)17-25(19-26)32(41)36-29(16-22-9-11-27(38)12-10-22)30(39)21-35-20-23-7-6-8-28(15-23)43-3/h6-12,15,17-19,29-30,35,38-39H,4-5,13-14,16,20-21H2,1-3H3,(H2,34,40)(H,36,41). The summed E-state index contributed by atoms with van der Waals surface area (Å²) in [5.41, 5.74) is 7.62. The normalized spacial score (nSPS) is 12.3. The number of aliphatic hydroxyl groups excluding tert-OH is 1. The summed E-state index contributed by atoms with van der Waals surface area (Å²) in [5, 5.41) is 27.0. The Hall–Kier alpha value is -4.41. The molecule has 2 unspecified atom stereocenters. The van der Waals surface area contributed by atoms with E-state index in [-0.39, 0.29) is 41.3 Å². The van der Waals surface area contributed by atoms with Crippen molar-refractivity contribution in [1.82, 2.24) is 15.5 Å². The van der Waals surface area contributed by atoms with Gasteiger partial charge in [-0.3, -0.25) is 14.4 Å². The van der Waals surface area contributed by atoms with Gasteiger partial charge >= 0.3 is 0 Å². The van der Waals surface area contributed by atoms with Gasteiger partial charge in [0.25, 0.3) is 11.8 Å². The highest BCUT2D eigenvalue weighted by atomic mass is 16.5. The molecule has 10 heteroatoms. The van der Waals surface area contributed by atoms with E-state index in [9.17, 15) is 24.6 Å². The summed E-state index contributed by atoms with van der Waals surface area (Å²) in [6.45, 7) is 5.65. The monoisotopic (exact) mass is 590 g/mol. The summed E-state index contributed by atoms with van der Waals surface area (Å²) in [6, 6.07) is 17.5. The molecule has 3 aromatic rings. The third-order valence-corrected chi connectivity index (χ3v) is 6.99. The van der Waals surface area contributed by atoms with Crippen molar-refractivity contribution < 1.29 is 29.3 Å². The van der Waals surface area contributed by atoms with Crippen molar-refractivity contribution >= 4 is 17.7 Å². The van der Waals surface area contributed by atoms with Crippen molar-refractivity contribution in [3.8, 4) is 11.5 Å². The Balaban J connectivity index is 1.84. The number of hydrogen-bond donors (Lipinski definition) is 5. The van der Waals surface area contributed by atoms with E-state index >= 15 is 0 Å². The highest BCUT2D eigenvalue weighted by molar-refractivity contribution is 6.04. The van der Waals surface area contributed by atoms with Crippen molar-refractivity contribution in [3.05, 3.63) is 94.5 Å². The molecule has 2 atom stereocenters. The maximum atomic E-state index is 13.6. The number of ether oxygens (including phenoxy) is 1. The van der Waals surface area contributed by atoms with Crippen LogP contribution in [0.3, 0.4) is 0 Å². The number of nitrogens with zero attached hydrogens (tertiary/aromatic N) is 1. The largest absolute Gasteiger partial charge is 0.508 e. The number of rotatable bonds is 16. The number of amides is 3. The molecule has 6 N–H and O–H groups in total. The Morgan fingerprint density at radius 2 is 1.56 bits per heavy atom. The Kier molecular flexibility index (Phi) is 12.5. The first-order chi connectivity index (χ1) is 20.6. The number of methoxy groups -OCH3 is 1. The lowest BCUT2D eigenvalue weighted by Gasteiger charge is -2.25. The van der Waals surface area contributed by atoms with Crippen molar-refractivity contribution in [2.24, 2.45) is 5.73 Å². The molecule has 0 aliphatic rings. The lowest BCUT2D eigenvalue weighted by Crippen LogP contribution is -2.48. The van der Waals surface area contributed by atoms with Crippen LogP contribution in [0.5, 0.6) is 11.5 Å². The topological polar surface area (TPSA) is 154 Å². The van der Waals surface area contributed by atoms with Crippen LogP contribution in [0.15, 0.2) is 66.7 Å². The molecule has 0 spiro atoms. The lowest BCUT2D eigenvalue weighted by atomic mass is 9.99. The number of phenols is 1. The van der Waals surface area contributed by atoms with Gasteiger partial charge < -0.3 is 36.2 Å². The molecule has 43 heavy (non-hydrogen) atoms. The van der Waals surface area contributed by atoms with Gasteiger partial charge in [0.15, 0.2) is 0 Å². The predicted molar refractivity (Wildman–Crippen MR) is 165 cm³/mol. The quantitative estimate of drug-likeness (QED) is 0.172. The second-order valence-corrected chi connectivity index (χ2v) is 10.5. The molecule has 3 rings (SSSR count). The number of hydrogen-bond acceptors (Lipinski definition) is 7.